The Balaban J connectivity index is 3.18. The van der Waals surface area contributed by atoms with Crippen molar-refractivity contribution in [2.45, 2.75) is 19.5 Å². The second kappa shape index (κ2) is 8.12. The molecule has 1 rings (SSSR count). The Morgan fingerprint density at radius 3 is 2.10 bits per heavy atom. The first-order valence-corrected chi connectivity index (χ1v) is 8.22. The Bertz CT molecular complexity index is 494. The quantitative estimate of drug-likeness (QED) is 0.394. The summed E-state index contributed by atoms with van der Waals surface area (Å²) >= 11 is 0. The van der Waals surface area contributed by atoms with Gasteiger partial charge in [-0.3, -0.25) is 14.7 Å². The van der Waals surface area contributed by atoms with E-state index in [9.17, 15) is 14.7 Å². The number of nitro groups is 1. The van der Waals surface area contributed by atoms with Gasteiger partial charge in [-0.05, 0) is 31.5 Å². The van der Waals surface area contributed by atoms with Crippen LogP contribution in [-0.2, 0) is 13.6 Å². The van der Waals surface area contributed by atoms with Gasteiger partial charge >= 0.3 is 7.60 Å². The lowest BCUT2D eigenvalue weighted by molar-refractivity contribution is -0.480. The van der Waals surface area contributed by atoms with Crippen LogP contribution in [0.3, 0.4) is 0 Å². The Labute approximate surface area is 123 Å². The first kappa shape index (κ1) is 17.6. The summed E-state index contributed by atoms with van der Waals surface area (Å²) in [6.07, 6.45) is 0. The Kier molecular flexibility index (Phi) is 6.81. The van der Waals surface area contributed by atoms with Gasteiger partial charge in [0.25, 0.3) is 0 Å². The number of methoxy groups -OCH3 is 1. The Hall–Kier alpha value is -1.43. The van der Waals surface area contributed by atoms with E-state index < -0.39 is 24.7 Å². The van der Waals surface area contributed by atoms with E-state index in [1.807, 2.05) is 0 Å². The number of ether oxygens (including phenoxy) is 1. The molecule has 8 heteroatoms. The van der Waals surface area contributed by atoms with Gasteiger partial charge in [0.2, 0.25) is 6.54 Å². The summed E-state index contributed by atoms with van der Waals surface area (Å²) in [4.78, 5) is 10.4. The zero-order valence-electron chi connectivity index (χ0n) is 12.4. The molecule has 1 aromatic rings. The number of benzene rings is 1. The first-order chi connectivity index (χ1) is 9.96. The fraction of sp³-hybridized carbons (Fsp3) is 0.538. The van der Waals surface area contributed by atoms with E-state index in [-0.39, 0.29) is 13.2 Å². The molecule has 0 spiro atoms. The highest BCUT2D eigenvalue weighted by molar-refractivity contribution is 7.54. The molecule has 118 valence electrons. The predicted molar refractivity (Wildman–Crippen MR) is 78.5 cm³/mol. The molecule has 0 unspecified atom stereocenters. The van der Waals surface area contributed by atoms with Crippen LogP contribution in [-0.4, -0.2) is 31.8 Å². The summed E-state index contributed by atoms with van der Waals surface area (Å²) in [6.45, 7) is 3.12. The van der Waals surface area contributed by atoms with Gasteiger partial charge in [-0.25, -0.2) is 0 Å². The molecule has 0 fully saturated rings. The lowest BCUT2D eigenvalue weighted by atomic mass is 10.1. The highest BCUT2D eigenvalue weighted by atomic mass is 31.2. The van der Waals surface area contributed by atoms with Crippen molar-refractivity contribution in [1.82, 2.24) is 0 Å². The lowest BCUT2D eigenvalue weighted by Gasteiger charge is -2.24. The van der Waals surface area contributed by atoms with E-state index in [0.717, 1.165) is 0 Å². The van der Waals surface area contributed by atoms with Crippen LogP contribution < -0.4 is 4.74 Å². The van der Waals surface area contributed by atoms with Gasteiger partial charge in [0.15, 0.2) is 5.66 Å². The largest absolute Gasteiger partial charge is 0.497 e. The zero-order chi connectivity index (χ0) is 15.9. The molecule has 0 aliphatic heterocycles. The molecule has 21 heavy (non-hydrogen) atoms. The average molecular weight is 317 g/mol. The van der Waals surface area contributed by atoms with Crippen LogP contribution in [0.4, 0.5) is 0 Å². The average Bonchev–Trinajstić information content (AvgIpc) is 2.45. The van der Waals surface area contributed by atoms with Crippen molar-refractivity contribution in [3.8, 4) is 5.75 Å². The normalized spacial score (nSPS) is 12.9. The molecule has 0 bridgehead atoms. The summed E-state index contributed by atoms with van der Waals surface area (Å²) < 4.78 is 28.4. The van der Waals surface area contributed by atoms with Gasteiger partial charge in [-0.1, -0.05) is 12.1 Å². The molecule has 0 aliphatic carbocycles. The second-order valence-corrected chi connectivity index (χ2v) is 6.40. The minimum absolute atomic E-state index is 0.154. The number of nitrogens with zero attached hydrogens (tertiary/aromatic N) is 1. The number of hydrogen-bond acceptors (Lipinski definition) is 6. The van der Waals surface area contributed by atoms with Gasteiger partial charge in [-0.15, -0.1) is 0 Å². The van der Waals surface area contributed by atoms with Crippen molar-refractivity contribution in [2.75, 3.05) is 26.9 Å². The molecule has 0 heterocycles. The summed E-state index contributed by atoms with van der Waals surface area (Å²) in [5, 5.41) is 10.9. The van der Waals surface area contributed by atoms with Crippen molar-refractivity contribution in [2.24, 2.45) is 0 Å². The second-order valence-electron chi connectivity index (χ2n) is 4.18. The van der Waals surface area contributed by atoms with Crippen molar-refractivity contribution in [3.63, 3.8) is 0 Å². The standard InChI is InChI=1S/C13H20NO6P/c1-4-19-21(17,20-5-2)13(10-14(15)16)11-6-8-12(18-3)9-7-11/h6-9,13H,4-5,10H2,1-3H3/t13-/m0/s1. The molecule has 7 nitrogen and oxygen atoms in total. The van der Waals surface area contributed by atoms with E-state index in [1.54, 1.807) is 38.1 Å². The van der Waals surface area contributed by atoms with Gasteiger partial charge in [0.1, 0.15) is 5.75 Å². The maximum absolute atomic E-state index is 12.8. The first-order valence-electron chi connectivity index (χ1n) is 6.61. The number of hydrogen-bond donors (Lipinski definition) is 0. The molecule has 1 atom stereocenters. The third-order valence-electron chi connectivity index (χ3n) is 2.82. The van der Waals surface area contributed by atoms with Crippen LogP contribution in [0.2, 0.25) is 0 Å². The van der Waals surface area contributed by atoms with Crippen molar-refractivity contribution in [1.29, 1.82) is 0 Å². The van der Waals surface area contributed by atoms with Gasteiger partial charge in [-0.2, -0.15) is 0 Å². The van der Waals surface area contributed by atoms with Crippen molar-refractivity contribution < 1.29 is 23.3 Å². The van der Waals surface area contributed by atoms with Crippen LogP contribution >= 0.6 is 7.60 Å². The topological polar surface area (TPSA) is 87.9 Å². The van der Waals surface area contributed by atoms with Gasteiger partial charge < -0.3 is 13.8 Å². The summed E-state index contributed by atoms with van der Waals surface area (Å²) in [6, 6.07) is 6.59. The molecule has 0 saturated carbocycles. The van der Waals surface area contributed by atoms with Crippen LogP contribution in [0, 0.1) is 10.1 Å². The maximum Gasteiger partial charge on any atom is 0.344 e. The minimum atomic E-state index is -3.61. The molecule has 0 amide bonds. The molecule has 0 aromatic heterocycles. The molecular formula is C13H20NO6P. The molecule has 0 saturated heterocycles. The van der Waals surface area contributed by atoms with Gasteiger partial charge in [0, 0.05) is 4.92 Å². The molecule has 0 radical (unpaired) electrons. The lowest BCUT2D eigenvalue weighted by Crippen LogP contribution is -2.16. The monoisotopic (exact) mass is 317 g/mol. The minimum Gasteiger partial charge on any atom is -0.497 e. The Morgan fingerprint density at radius 2 is 1.71 bits per heavy atom. The zero-order valence-corrected chi connectivity index (χ0v) is 13.2. The summed E-state index contributed by atoms with van der Waals surface area (Å²) in [5.41, 5.74) is -0.420. The predicted octanol–water partition coefficient (Wildman–Crippen LogP) is 3.28. The fourth-order valence-corrected chi connectivity index (χ4v) is 3.96. The highest BCUT2D eigenvalue weighted by Crippen LogP contribution is 2.61. The summed E-state index contributed by atoms with van der Waals surface area (Å²) in [7, 11) is -2.09. The smallest absolute Gasteiger partial charge is 0.344 e. The van der Waals surface area contributed by atoms with Crippen LogP contribution in [0.15, 0.2) is 24.3 Å². The van der Waals surface area contributed by atoms with Crippen LogP contribution in [0.1, 0.15) is 25.1 Å². The van der Waals surface area contributed by atoms with Crippen LogP contribution in [0.5, 0.6) is 5.75 Å². The SMILES string of the molecule is CCOP(=O)(OCC)[C@@H](C[N+](=O)[O-])c1ccc(OC)cc1. The molecule has 0 aliphatic rings. The molecule has 0 N–H and O–H groups in total. The molecule has 1 aromatic carbocycles. The van der Waals surface area contributed by atoms with Crippen molar-refractivity contribution >= 4 is 7.60 Å². The van der Waals surface area contributed by atoms with Crippen LogP contribution in [0.25, 0.3) is 0 Å². The van der Waals surface area contributed by atoms with Crippen molar-refractivity contribution in [3.05, 3.63) is 39.9 Å². The highest BCUT2D eigenvalue weighted by Gasteiger charge is 2.40. The third kappa shape index (κ3) is 4.81. The van der Waals surface area contributed by atoms with E-state index in [4.69, 9.17) is 13.8 Å². The van der Waals surface area contributed by atoms with E-state index in [1.165, 1.54) is 7.11 Å². The van der Waals surface area contributed by atoms with E-state index >= 15 is 0 Å². The van der Waals surface area contributed by atoms with E-state index in [0.29, 0.717) is 11.3 Å². The van der Waals surface area contributed by atoms with Gasteiger partial charge in [0.05, 0.1) is 20.3 Å². The third-order valence-corrected chi connectivity index (χ3v) is 5.28. The van der Waals surface area contributed by atoms with E-state index in [2.05, 4.69) is 0 Å². The summed E-state index contributed by atoms with van der Waals surface area (Å²) in [5.74, 6) is 0.612. The maximum atomic E-state index is 12.8. The number of rotatable bonds is 9. The molecular weight excluding hydrogens is 297 g/mol. The fourth-order valence-electron chi connectivity index (χ4n) is 1.93. The Morgan fingerprint density at radius 1 is 1.19 bits per heavy atom.